The number of nitro groups is 1. The van der Waals surface area contributed by atoms with Crippen molar-refractivity contribution in [1.82, 2.24) is 4.90 Å². The number of benzene rings is 1. The molecule has 1 aromatic rings. The minimum Gasteiger partial charge on any atom is -0.465 e. The van der Waals surface area contributed by atoms with Gasteiger partial charge in [0.05, 0.1) is 23.6 Å². The minimum absolute atomic E-state index is 0.0376. The molecule has 2 heterocycles. The molecule has 2 atom stereocenters. The zero-order chi connectivity index (χ0) is 21.3. The zero-order valence-electron chi connectivity index (χ0n) is 17.1. The van der Waals surface area contributed by atoms with Crippen molar-refractivity contribution in [3.8, 4) is 0 Å². The molecule has 2 aliphatic rings. The van der Waals surface area contributed by atoms with Gasteiger partial charge in [0.1, 0.15) is 5.60 Å². The lowest BCUT2D eigenvalue weighted by Gasteiger charge is -2.45. The number of nitro benzene ring substituents is 1. The van der Waals surface area contributed by atoms with E-state index in [2.05, 4.69) is 0 Å². The Balaban J connectivity index is 1.97. The van der Waals surface area contributed by atoms with E-state index in [1.807, 2.05) is 26.8 Å². The summed E-state index contributed by atoms with van der Waals surface area (Å²) in [5, 5.41) is 11.3. The van der Waals surface area contributed by atoms with Gasteiger partial charge in [-0.05, 0) is 63.7 Å². The first-order valence-electron chi connectivity index (χ1n) is 9.69. The molecule has 0 N–H and O–H groups in total. The van der Waals surface area contributed by atoms with Gasteiger partial charge in [0.25, 0.3) is 5.69 Å². The zero-order valence-corrected chi connectivity index (χ0v) is 17.1. The van der Waals surface area contributed by atoms with Crippen LogP contribution >= 0.6 is 0 Å². The van der Waals surface area contributed by atoms with Gasteiger partial charge in [-0.2, -0.15) is 0 Å². The Morgan fingerprint density at radius 1 is 1.21 bits per heavy atom. The van der Waals surface area contributed by atoms with Crippen molar-refractivity contribution in [2.75, 3.05) is 7.11 Å². The van der Waals surface area contributed by atoms with E-state index in [1.54, 1.807) is 11.0 Å². The summed E-state index contributed by atoms with van der Waals surface area (Å²) in [6, 6.07) is 4.13. The maximum atomic E-state index is 12.7. The number of non-ortho nitro benzene ring substituents is 1. The predicted octanol–water partition coefficient (Wildman–Crippen LogP) is 4.33. The number of esters is 1. The smallest absolute Gasteiger partial charge is 0.411 e. The SMILES string of the molecule is COC(=O)c1cc(C2=CC3CCCC(C2)N3C(=O)OC(C)(C)C)cc([N+](=O)[O-])c1. The number of amides is 1. The maximum Gasteiger partial charge on any atom is 0.411 e. The second kappa shape index (κ2) is 7.85. The van der Waals surface area contributed by atoms with Crippen LogP contribution < -0.4 is 0 Å². The van der Waals surface area contributed by atoms with Crippen LogP contribution in [0, 0.1) is 10.1 Å². The number of carbonyl (C=O) groups excluding carboxylic acids is 2. The van der Waals surface area contributed by atoms with Crippen molar-refractivity contribution in [2.45, 2.75) is 64.1 Å². The van der Waals surface area contributed by atoms with E-state index in [4.69, 9.17) is 9.47 Å². The summed E-state index contributed by atoms with van der Waals surface area (Å²) in [6.07, 6.45) is 4.83. The van der Waals surface area contributed by atoms with Crippen LogP contribution in [-0.4, -0.2) is 46.7 Å². The molecule has 8 nitrogen and oxygen atoms in total. The van der Waals surface area contributed by atoms with Crippen LogP contribution in [0.15, 0.2) is 24.3 Å². The molecule has 2 aliphatic heterocycles. The summed E-state index contributed by atoms with van der Waals surface area (Å²) in [5.41, 5.74) is 0.903. The van der Waals surface area contributed by atoms with E-state index >= 15 is 0 Å². The van der Waals surface area contributed by atoms with Gasteiger partial charge < -0.3 is 9.47 Å². The second-order valence-electron chi connectivity index (χ2n) is 8.45. The molecular formula is C21H26N2O6. The molecule has 2 unspecified atom stereocenters. The lowest BCUT2D eigenvalue weighted by molar-refractivity contribution is -0.384. The number of carbonyl (C=O) groups is 2. The number of rotatable bonds is 3. The van der Waals surface area contributed by atoms with Crippen molar-refractivity contribution in [1.29, 1.82) is 0 Å². The first-order valence-corrected chi connectivity index (χ1v) is 9.69. The molecule has 3 rings (SSSR count). The van der Waals surface area contributed by atoms with Crippen LogP contribution in [-0.2, 0) is 9.47 Å². The number of ether oxygens (including phenoxy) is 2. The monoisotopic (exact) mass is 402 g/mol. The third kappa shape index (κ3) is 4.58. The fourth-order valence-electron chi connectivity index (χ4n) is 3.98. The summed E-state index contributed by atoms with van der Waals surface area (Å²) in [7, 11) is 1.24. The van der Waals surface area contributed by atoms with Gasteiger partial charge in [0.15, 0.2) is 0 Å². The number of piperidine rings is 1. The highest BCUT2D eigenvalue weighted by Crippen LogP contribution is 2.39. The molecule has 0 spiro atoms. The molecular weight excluding hydrogens is 376 g/mol. The van der Waals surface area contributed by atoms with E-state index in [9.17, 15) is 19.7 Å². The number of methoxy groups -OCH3 is 1. The van der Waals surface area contributed by atoms with Gasteiger partial charge in [-0.15, -0.1) is 0 Å². The van der Waals surface area contributed by atoms with Crippen LogP contribution in [0.1, 0.15) is 62.4 Å². The Morgan fingerprint density at radius 2 is 1.93 bits per heavy atom. The normalized spacial score (nSPS) is 21.2. The van der Waals surface area contributed by atoms with E-state index in [0.29, 0.717) is 12.0 Å². The summed E-state index contributed by atoms with van der Waals surface area (Å²) in [5.74, 6) is -0.623. The Kier molecular flexibility index (Phi) is 5.64. The Bertz CT molecular complexity index is 870. The Morgan fingerprint density at radius 3 is 2.52 bits per heavy atom. The lowest BCUT2D eigenvalue weighted by atomic mass is 9.82. The van der Waals surface area contributed by atoms with Crippen LogP contribution in [0.5, 0.6) is 0 Å². The number of hydrogen-bond donors (Lipinski definition) is 0. The molecule has 1 fully saturated rings. The van der Waals surface area contributed by atoms with Gasteiger partial charge in [0, 0.05) is 18.2 Å². The predicted molar refractivity (Wildman–Crippen MR) is 107 cm³/mol. The quantitative estimate of drug-likeness (QED) is 0.424. The van der Waals surface area contributed by atoms with Gasteiger partial charge in [0.2, 0.25) is 0 Å². The first kappa shape index (κ1) is 20.8. The van der Waals surface area contributed by atoms with Crippen molar-refractivity contribution in [2.24, 2.45) is 0 Å². The van der Waals surface area contributed by atoms with E-state index in [0.717, 1.165) is 24.8 Å². The first-order chi connectivity index (χ1) is 13.6. The molecule has 0 saturated carbocycles. The largest absolute Gasteiger partial charge is 0.465 e. The van der Waals surface area contributed by atoms with E-state index < -0.39 is 16.5 Å². The van der Waals surface area contributed by atoms with Gasteiger partial charge in [-0.1, -0.05) is 6.08 Å². The molecule has 0 aromatic heterocycles. The average molecular weight is 402 g/mol. The van der Waals surface area contributed by atoms with E-state index in [1.165, 1.54) is 19.2 Å². The molecule has 1 amide bonds. The van der Waals surface area contributed by atoms with Gasteiger partial charge in [-0.25, -0.2) is 9.59 Å². The molecule has 156 valence electrons. The van der Waals surface area contributed by atoms with Crippen LogP contribution in [0.25, 0.3) is 5.57 Å². The van der Waals surface area contributed by atoms with Crippen LogP contribution in [0.3, 0.4) is 0 Å². The van der Waals surface area contributed by atoms with Gasteiger partial charge in [-0.3, -0.25) is 15.0 Å². The molecule has 0 radical (unpaired) electrons. The van der Waals surface area contributed by atoms with Crippen LogP contribution in [0.2, 0.25) is 0 Å². The topological polar surface area (TPSA) is 99.0 Å². The number of hydrogen-bond acceptors (Lipinski definition) is 6. The third-order valence-corrected chi connectivity index (χ3v) is 5.16. The third-order valence-electron chi connectivity index (χ3n) is 5.16. The minimum atomic E-state index is -0.623. The standard InChI is InChI=1S/C21H26N2O6/c1-21(2,3)29-20(25)22-16-6-5-7-17(22)10-14(9-16)13-8-15(19(24)28-4)12-18(11-13)23(26)27/h8-9,11-12,16-17H,5-7,10H2,1-4H3. The van der Waals surface area contributed by atoms with Crippen molar-refractivity contribution in [3.63, 3.8) is 0 Å². The molecule has 2 bridgehead atoms. The lowest BCUT2D eigenvalue weighted by Crippen LogP contribution is -2.53. The summed E-state index contributed by atoms with van der Waals surface area (Å²) < 4.78 is 10.3. The molecule has 29 heavy (non-hydrogen) atoms. The van der Waals surface area contributed by atoms with Crippen molar-refractivity contribution >= 4 is 23.3 Å². The highest BCUT2D eigenvalue weighted by Gasteiger charge is 2.39. The number of nitrogens with zero attached hydrogens (tertiary/aromatic N) is 2. The summed E-state index contributed by atoms with van der Waals surface area (Å²) in [6.45, 7) is 5.51. The molecule has 1 saturated heterocycles. The second-order valence-corrected chi connectivity index (χ2v) is 8.45. The summed E-state index contributed by atoms with van der Waals surface area (Å²) >= 11 is 0. The molecule has 1 aromatic carbocycles. The Hall–Kier alpha value is -2.90. The highest BCUT2D eigenvalue weighted by atomic mass is 16.6. The fourth-order valence-corrected chi connectivity index (χ4v) is 3.98. The fraction of sp³-hybridized carbons (Fsp3) is 0.524. The maximum absolute atomic E-state index is 12.7. The Labute approximate surface area is 169 Å². The molecule has 8 heteroatoms. The highest BCUT2D eigenvalue weighted by molar-refractivity contribution is 5.91. The van der Waals surface area contributed by atoms with Crippen molar-refractivity contribution < 1.29 is 24.0 Å². The van der Waals surface area contributed by atoms with Gasteiger partial charge >= 0.3 is 12.1 Å². The van der Waals surface area contributed by atoms with Crippen molar-refractivity contribution in [3.05, 3.63) is 45.5 Å². The average Bonchev–Trinajstić information content (AvgIpc) is 2.64. The van der Waals surface area contributed by atoms with E-state index in [-0.39, 0.29) is 29.4 Å². The number of fused-ring (bicyclic) bond motifs is 2. The summed E-state index contributed by atoms with van der Waals surface area (Å²) in [4.78, 5) is 37.3. The van der Waals surface area contributed by atoms with Crippen LogP contribution in [0.4, 0.5) is 10.5 Å². The molecule has 0 aliphatic carbocycles.